The summed E-state index contributed by atoms with van der Waals surface area (Å²) in [5, 5.41) is 5.38. The molecule has 4 amide bonds. The van der Waals surface area contributed by atoms with Crippen molar-refractivity contribution in [2.75, 3.05) is 6.61 Å². The number of carbonyl (C=O) groups excluding carboxylic acids is 4. The molecule has 1 aliphatic heterocycles. The summed E-state index contributed by atoms with van der Waals surface area (Å²) in [5.74, 6) is -1.64. The SMILES string of the molecule is O=C(COC(=O)CCCc1cccs1)NN1C(=O)NC2(CCCCC2)C1=O. The van der Waals surface area contributed by atoms with Gasteiger partial charge in [0, 0.05) is 11.3 Å². The van der Waals surface area contributed by atoms with E-state index >= 15 is 0 Å². The molecule has 2 heterocycles. The van der Waals surface area contributed by atoms with Gasteiger partial charge in [0.2, 0.25) is 0 Å². The summed E-state index contributed by atoms with van der Waals surface area (Å²) >= 11 is 1.63. The van der Waals surface area contributed by atoms with Crippen molar-refractivity contribution in [3.63, 3.8) is 0 Å². The Hall–Kier alpha value is -2.42. The van der Waals surface area contributed by atoms with Gasteiger partial charge in [0.1, 0.15) is 5.54 Å². The molecule has 2 N–H and O–H groups in total. The van der Waals surface area contributed by atoms with E-state index in [2.05, 4.69) is 10.7 Å². The Balaban J connectivity index is 1.40. The van der Waals surface area contributed by atoms with Crippen LogP contribution < -0.4 is 10.7 Å². The van der Waals surface area contributed by atoms with Crippen LogP contribution in [0, 0.1) is 0 Å². The van der Waals surface area contributed by atoms with E-state index in [4.69, 9.17) is 4.74 Å². The molecule has 1 aromatic heterocycles. The molecule has 9 heteroatoms. The van der Waals surface area contributed by atoms with Gasteiger partial charge in [0.15, 0.2) is 6.61 Å². The Labute approximate surface area is 161 Å². The normalized spacial score (nSPS) is 18.4. The average Bonchev–Trinajstić information content (AvgIpc) is 3.24. The Bertz CT molecular complexity index is 713. The van der Waals surface area contributed by atoms with Crippen LogP contribution in [0.25, 0.3) is 0 Å². The number of hydrazine groups is 1. The minimum Gasteiger partial charge on any atom is -0.455 e. The molecule has 1 aromatic rings. The van der Waals surface area contributed by atoms with Gasteiger partial charge in [-0.15, -0.1) is 11.3 Å². The molecule has 27 heavy (non-hydrogen) atoms. The van der Waals surface area contributed by atoms with Crippen molar-refractivity contribution < 1.29 is 23.9 Å². The number of amides is 4. The number of rotatable bonds is 7. The van der Waals surface area contributed by atoms with Crippen molar-refractivity contribution in [1.82, 2.24) is 15.8 Å². The van der Waals surface area contributed by atoms with Crippen molar-refractivity contribution in [1.29, 1.82) is 0 Å². The van der Waals surface area contributed by atoms with Crippen molar-refractivity contribution in [3.8, 4) is 0 Å². The van der Waals surface area contributed by atoms with Crippen LogP contribution in [0.5, 0.6) is 0 Å². The highest BCUT2D eigenvalue weighted by Crippen LogP contribution is 2.32. The predicted octanol–water partition coefficient (Wildman–Crippen LogP) is 1.90. The first-order valence-corrected chi connectivity index (χ1v) is 10.0. The Kier molecular flexibility index (Phi) is 6.10. The van der Waals surface area contributed by atoms with Crippen LogP contribution in [0.3, 0.4) is 0 Å². The fourth-order valence-electron chi connectivity index (χ4n) is 3.45. The summed E-state index contributed by atoms with van der Waals surface area (Å²) in [4.78, 5) is 49.5. The average molecular weight is 393 g/mol. The van der Waals surface area contributed by atoms with E-state index in [0.29, 0.717) is 24.3 Å². The summed E-state index contributed by atoms with van der Waals surface area (Å²) in [6.45, 7) is -0.526. The lowest BCUT2D eigenvalue weighted by Crippen LogP contribution is -2.51. The Morgan fingerprint density at radius 3 is 2.74 bits per heavy atom. The maximum atomic E-state index is 12.5. The van der Waals surface area contributed by atoms with Gasteiger partial charge in [0.05, 0.1) is 0 Å². The summed E-state index contributed by atoms with van der Waals surface area (Å²) in [6.07, 6.45) is 5.51. The maximum Gasteiger partial charge on any atom is 0.344 e. The van der Waals surface area contributed by atoms with Crippen LogP contribution in [0.4, 0.5) is 4.79 Å². The van der Waals surface area contributed by atoms with Crippen molar-refractivity contribution in [2.45, 2.75) is 56.9 Å². The first-order chi connectivity index (χ1) is 13.0. The highest BCUT2D eigenvalue weighted by molar-refractivity contribution is 7.09. The van der Waals surface area contributed by atoms with Crippen molar-refractivity contribution in [2.24, 2.45) is 0 Å². The highest BCUT2D eigenvalue weighted by atomic mass is 32.1. The van der Waals surface area contributed by atoms with Gasteiger partial charge in [-0.05, 0) is 37.1 Å². The summed E-state index contributed by atoms with van der Waals surface area (Å²) < 4.78 is 4.92. The van der Waals surface area contributed by atoms with E-state index in [0.717, 1.165) is 25.7 Å². The zero-order valence-corrected chi connectivity index (χ0v) is 15.8. The summed E-state index contributed by atoms with van der Waals surface area (Å²) in [6, 6.07) is 3.31. The fraction of sp³-hybridized carbons (Fsp3) is 0.556. The van der Waals surface area contributed by atoms with Gasteiger partial charge in [0.25, 0.3) is 11.8 Å². The molecule has 2 aliphatic rings. The lowest BCUT2D eigenvalue weighted by Gasteiger charge is -2.30. The second kappa shape index (κ2) is 8.51. The number of hydrogen-bond donors (Lipinski definition) is 2. The molecule has 1 saturated heterocycles. The number of nitrogens with one attached hydrogen (secondary N) is 2. The van der Waals surface area contributed by atoms with Crippen LogP contribution in [-0.2, 0) is 25.5 Å². The maximum absolute atomic E-state index is 12.5. The summed E-state index contributed by atoms with van der Waals surface area (Å²) in [7, 11) is 0. The Morgan fingerprint density at radius 1 is 1.26 bits per heavy atom. The topological polar surface area (TPSA) is 105 Å². The smallest absolute Gasteiger partial charge is 0.344 e. The first-order valence-electron chi connectivity index (χ1n) is 9.14. The van der Waals surface area contributed by atoms with E-state index in [1.807, 2.05) is 17.5 Å². The lowest BCUT2D eigenvalue weighted by molar-refractivity contribution is -0.150. The number of esters is 1. The van der Waals surface area contributed by atoms with E-state index in [1.165, 1.54) is 4.88 Å². The highest BCUT2D eigenvalue weighted by Gasteiger charge is 2.52. The molecule has 0 radical (unpaired) electrons. The van der Waals surface area contributed by atoms with Gasteiger partial charge in [-0.25, -0.2) is 4.79 Å². The molecule has 0 atom stereocenters. The molecule has 3 rings (SSSR count). The zero-order valence-electron chi connectivity index (χ0n) is 15.0. The molecular weight excluding hydrogens is 370 g/mol. The molecular formula is C18H23N3O5S. The van der Waals surface area contributed by atoms with Crippen LogP contribution in [-0.4, -0.2) is 41.0 Å². The Morgan fingerprint density at radius 2 is 2.04 bits per heavy atom. The quantitative estimate of drug-likeness (QED) is 0.544. The van der Waals surface area contributed by atoms with Crippen LogP contribution in [0.2, 0.25) is 0 Å². The number of hydrogen-bond acceptors (Lipinski definition) is 6. The number of carbonyl (C=O) groups is 4. The molecule has 0 unspecified atom stereocenters. The molecule has 146 valence electrons. The lowest BCUT2D eigenvalue weighted by atomic mass is 9.82. The monoisotopic (exact) mass is 393 g/mol. The van der Waals surface area contributed by atoms with Crippen molar-refractivity contribution >= 4 is 35.2 Å². The van der Waals surface area contributed by atoms with Crippen LogP contribution in [0.1, 0.15) is 49.8 Å². The number of ether oxygens (including phenoxy) is 1. The predicted molar refractivity (Wildman–Crippen MR) is 97.6 cm³/mol. The number of urea groups is 1. The number of nitrogens with zero attached hydrogens (tertiary/aromatic N) is 1. The van der Waals surface area contributed by atoms with Crippen LogP contribution in [0.15, 0.2) is 17.5 Å². The first kappa shape index (κ1) is 19.3. The minimum absolute atomic E-state index is 0.206. The van der Waals surface area contributed by atoms with Crippen LogP contribution >= 0.6 is 11.3 Å². The molecule has 1 aliphatic carbocycles. The molecule has 1 spiro atoms. The second-order valence-electron chi connectivity index (χ2n) is 6.84. The third-order valence-electron chi connectivity index (χ3n) is 4.85. The molecule has 0 aromatic carbocycles. The fourth-order valence-corrected chi connectivity index (χ4v) is 4.20. The number of aryl methyl sites for hydroxylation is 1. The molecule has 1 saturated carbocycles. The largest absolute Gasteiger partial charge is 0.455 e. The van der Waals surface area contributed by atoms with Gasteiger partial charge >= 0.3 is 12.0 Å². The van der Waals surface area contributed by atoms with Gasteiger partial charge in [-0.1, -0.05) is 25.3 Å². The second-order valence-corrected chi connectivity index (χ2v) is 7.87. The summed E-state index contributed by atoms with van der Waals surface area (Å²) in [5.41, 5.74) is 1.34. The number of thiophene rings is 1. The van der Waals surface area contributed by atoms with Crippen molar-refractivity contribution in [3.05, 3.63) is 22.4 Å². The molecule has 0 bridgehead atoms. The van der Waals surface area contributed by atoms with E-state index < -0.39 is 36.0 Å². The third kappa shape index (κ3) is 4.65. The number of imide groups is 1. The van der Waals surface area contributed by atoms with E-state index in [1.54, 1.807) is 11.3 Å². The van der Waals surface area contributed by atoms with Gasteiger partial charge < -0.3 is 10.1 Å². The van der Waals surface area contributed by atoms with E-state index in [9.17, 15) is 19.2 Å². The molecule has 8 nitrogen and oxygen atoms in total. The minimum atomic E-state index is -0.902. The zero-order chi connectivity index (χ0) is 19.3. The van der Waals surface area contributed by atoms with Gasteiger partial charge in [-0.2, -0.15) is 5.01 Å². The van der Waals surface area contributed by atoms with E-state index in [-0.39, 0.29) is 6.42 Å². The molecule has 2 fully saturated rings. The third-order valence-corrected chi connectivity index (χ3v) is 5.79. The standard InChI is InChI=1S/C18H23N3O5S/c22-14(12-26-15(23)8-4-6-13-7-5-11-27-13)20-21-16(24)18(19-17(21)25)9-2-1-3-10-18/h5,7,11H,1-4,6,8-10,12H2,(H,19,25)(H,20,22). The van der Waals surface area contributed by atoms with Gasteiger partial charge in [-0.3, -0.25) is 19.8 Å².